The lowest BCUT2D eigenvalue weighted by atomic mass is 10.2. The molecule has 0 aliphatic heterocycles. The summed E-state index contributed by atoms with van der Waals surface area (Å²) in [6.07, 6.45) is -6.36. The Hall–Kier alpha value is -2.25. The molecule has 0 saturated heterocycles. The molecule has 0 spiro atoms. The van der Waals surface area contributed by atoms with E-state index in [4.69, 9.17) is 11.6 Å². The number of pyridine rings is 1. The maximum absolute atomic E-state index is 12.9. The molecule has 0 saturated carbocycles. The van der Waals surface area contributed by atoms with Crippen molar-refractivity contribution in [3.63, 3.8) is 0 Å². The van der Waals surface area contributed by atoms with E-state index in [1.54, 1.807) is 0 Å². The molecular formula is C16H16ClF5N4O3S. The summed E-state index contributed by atoms with van der Waals surface area (Å²) in [5.74, 6) is -0.960. The molecular weight excluding hydrogens is 459 g/mol. The molecule has 166 valence electrons. The summed E-state index contributed by atoms with van der Waals surface area (Å²) >= 11 is 5.98. The zero-order valence-corrected chi connectivity index (χ0v) is 17.0. The van der Waals surface area contributed by atoms with Crippen molar-refractivity contribution in [1.29, 1.82) is 0 Å². The van der Waals surface area contributed by atoms with Gasteiger partial charge in [-0.1, -0.05) is 18.5 Å². The number of hydrogen-bond donors (Lipinski definition) is 2. The maximum atomic E-state index is 12.9. The Morgan fingerprint density at radius 3 is 2.50 bits per heavy atom. The smallest absolute Gasteiger partial charge is 0.344 e. The van der Waals surface area contributed by atoms with Crippen molar-refractivity contribution in [2.45, 2.75) is 36.9 Å². The van der Waals surface area contributed by atoms with Gasteiger partial charge in [0.25, 0.3) is 12.3 Å². The highest BCUT2D eigenvalue weighted by atomic mass is 35.5. The summed E-state index contributed by atoms with van der Waals surface area (Å²) in [5.41, 5.74) is -1.06. The third kappa shape index (κ3) is 5.26. The average molecular weight is 475 g/mol. The van der Waals surface area contributed by atoms with Gasteiger partial charge in [-0.3, -0.25) is 9.78 Å². The molecule has 2 rings (SSSR count). The van der Waals surface area contributed by atoms with Crippen LogP contribution in [0, 0.1) is 0 Å². The first kappa shape index (κ1) is 24.0. The number of carbonyl (C=O) groups excluding carboxylic acids is 1. The molecule has 0 radical (unpaired) electrons. The SMILES string of the molecule is CC[C@H](NS(=O)(=O)c1cn(C)c(C(=O)Nc2ccnc(C(F)F)c2)c1Cl)C(F)(F)F. The number of nitrogens with zero attached hydrogens (tertiary/aromatic N) is 2. The van der Waals surface area contributed by atoms with Crippen LogP contribution in [-0.2, 0) is 17.1 Å². The predicted octanol–water partition coefficient (Wildman–Crippen LogP) is 3.88. The molecule has 0 aliphatic rings. The Labute approximate surface area is 173 Å². The number of aromatic nitrogens is 2. The number of anilines is 1. The fraction of sp³-hybridized carbons (Fsp3) is 0.375. The second-order valence-electron chi connectivity index (χ2n) is 6.11. The van der Waals surface area contributed by atoms with Gasteiger partial charge in [-0.05, 0) is 18.6 Å². The van der Waals surface area contributed by atoms with E-state index in [1.165, 1.54) is 17.8 Å². The highest BCUT2D eigenvalue weighted by molar-refractivity contribution is 7.89. The van der Waals surface area contributed by atoms with E-state index in [0.29, 0.717) is 0 Å². The van der Waals surface area contributed by atoms with E-state index in [9.17, 15) is 35.2 Å². The monoisotopic (exact) mass is 474 g/mol. The van der Waals surface area contributed by atoms with Gasteiger partial charge >= 0.3 is 6.18 Å². The van der Waals surface area contributed by atoms with Crippen molar-refractivity contribution in [3.05, 3.63) is 40.9 Å². The van der Waals surface area contributed by atoms with Gasteiger partial charge in [0.15, 0.2) is 0 Å². The van der Waals surface area contributed by atoms with Crippen molar-refractivity contribution in [2.24, 2.45) is 7.05 Å². The molecule has 0 fully saturated rings. The third-order valence-corrected chi connectivity index (χ3v) is 5.93. The number of sulfonamides is 1. The van der Waals surface area contributed by atoms with E-state index in [1.807, 2.05) is 0 Å². The molecule has 1 atom stereocenters. The van der Waals surface area contributed by atoms with Crippen LogP contribution in [0.3, 0.4) is 0 Å². The van der Waals surface area contributed by atoms with Crippen LogP contribution in [0.2, 0.25) is 5.02 Å². The summed E-state index contributed by atoms with van der Waals surface area (Å²) in [6.45, 7) is 1.15. The average Bonchev–Trinajstić information content (AvgIpc) is 2.94. The first-order chi connectivity index (χ1) is 13.8. The molecule has 0 aromatic carbocycles. The van der Waals surface area contributed by atoms with E-state index >= 15 is 0 Å². The number of amides is 1. The fourth-order valence-electron chi connectivity index (χ4n) is 2.48. The van der Waals surface area contributed by atoms with E-state index in [2.05, 4.69) is 10.3 Å². The minimum atomic E-state index is -4.83. The zero-order chi connectivity index (χ0) is 22.9. The summed E-state index contributed by atoms with van der Waals surface area (Å²) in [7, 11) is -3.48. The van der Waals surface area contributed by atoms with Gasteiger partial charge < -0.3 is 9.88 Å². The Morgan fingerprint density at radius 2 is 1.97 bits per heavy atom. The largest absolute Gasteiger partial charge is 0.404 e. The van der Waals surface area contributed by atoms with Gasteiger partial charge in [0.05, 0.1) is 5.02 Å². The molecule has 2 aromatic rings. The van der Waals surface area contributed by atoms with Crippen LogP contribution in [0.25, 0.3) is 0 Å². The number of carbonyl (C=O) groups is 1. The number of hydrogen-bond acceptors (Lipinski definition) is 4. The standard InChI is InChI=1S/C16H16ClF5N4O3S/c1-3-11(16(20,21)22)25-30(28,29)10-7-26(2)13(12(10)17)15(27)24-8-4-5-23-9(6-8)14(18)19/h4-7,11,14,25H,3H2,1-2H3,(H,23,24,27)/t11-/m0/s1. The third-order valence-electron chi connectivity index (χ3n) is 3.96. The molecule has 2 N–H and O–H groups in total. The first-order valence-electron chi connectivity index (χ1n) is 8.27. The van der Waals surface area contributed by atoms with Gasteiger partial charge in [0.2, 0.25) is 10.0 Å². The summed E-state index contributed by atoms with van der Waals surface area (Å²) in [4.78, 5) is 15.2. The normalized spacial score (nSPS) is 13.5. The Kier molecular flexibility index (Phi) is 7.09. The maximum Gasteiger partial charge on any atom is 0.404 e. The lowest BCUT2D eigenvalue weighted by Crippen LogP contribution is -2.44. The topological polar surface area (TPSA) is 93.1 Å². The quantitative estimate of drug-likeness (QED) is 0.596. The minimum Gasteiger partial charge on any atom is -0.344 e. The zero-order valence-electron chi connectivity index (χ0n) is 15.5. The van der Waals surface area contributed by atoms with E-state index in [0.717, 1.165) is 30.0 Å². The molecule has 2 aromatic heterocycles. The van der Waals surface area contributed by atoms with Crippen LogP contribution in [0.5, 0.6) is 0 Å². The van der Waals surface area contributed by atoms with Crippen molar-refractivity contribution in [2.75, 3.05) is 5.32 Å². The number of halogens is 6. The van der Waals surface area contributed by atoms with Gasteiger partial charge in [-0.2, -0.15) is 17.9 Å². The molecule has 14 heteroatoms. The molecule has 30 heavy (non-hydrogen) atoms. The van der Waals surface area contributed by atoms with E-state index < -0.39 is 62.3 Å². The molecule has 0 aliphatic carbocycles. The number of aryl methyl sites for hydroxylation is 1. The molecule has 7 nitrogen and oxygen atoms in total. The fourth-order valence-corrected chi connectivity index (χ4v) is 4.49. The lowest BCUT2D eigenvalue weighted by molar-refractivity contribution is -0.151. The van der Waals surface area contributed by atoms with Gasteiger partial charge in [-0.15, -0.1) is 0 Å². The summed E-state index contributed by atoms with van der Waals surface area (Å²) < 4.78 is 91.6. The lowest BCUT2D eigenvalue weighted by Gasteiger charge is -2.19. The summed E-state index contributed by atoms with van der Waals surface area (Å²) in [5, 5.41) is 1.64. The van der Waals surface area contributed by atoms with Crippen LogP contribution in [0.15, 0.2) is 29.4 Å². The summed E-state index contributed by atoms with van der Waals surface area (Å²) in [6, 6.07) is -0.219. The molecule has 1 amide bonds. The number of rotatable bonds is 7. The first-order valence-corrected chi connectivity index (χ1v) is 10.1. The van der Waals surface area contributed by atoms with Crippen LogP contribution in [0.1, 0.15) is 36.0 Å². The van der Waals surface area contributed by atoms with Crippen LogP contribution in [0.4, 0.5) is 27.6 Å². The van der Waals surface area contributed by atoms with Crippen molar-refractivity contribution in [1.82, 2.24) is 14.3 Å². The Bertz CT molecular complexity index is 1040. The number of alkyl halides is 5. The number of nitrogens with one attached hydrogen (secondary N) is 2. The molecule has 0 unspecified atom stereocenters. The minimum absolute atomic E-state index is 0.0618. The van der Waals surface area contributed by atoms with Crippen LogP contribution < -0.4 is 10.0 Å². The van der Waals surface area contributed by atoms with Crippen LogP contribution >= 0.6 is 11.6 Å². The van der Waals surface area contributed by atoms with Gasteiger partial charge in [0, 0.05) is 25.1 Å². The van der Waals surface area contributed by atoms with Crippen LogP contribution in [-0.4, -0.2) is 36.1 Å². The highest BCUT2D eigenvalue weighted by Crippen LogP contribution is 2.30. The van der Waals surface area contributed by atoms with E-state index in [-0.39, 0.29) is 5.69 Å². The Morgan fingerprint density at radius 1 is 1.33 bits per heavy atom. The second kappa shape index (κ2) is 8.86. The Balaban J connectivity index is 2.35. The van der Waals surface area contributed by atoms with Crippen molar-refractivity contribution < 1.29 is 35.2 Å². The highest BCUT2D eigenvalue weighted by Gasteiger charge is 2.42. The van der Waals surface area contributed by atoms with Gasteiger partial charge in [-0.25, -0.2) is 17.2 Å². The second-order valence-corrected chi connectivity index (χ2v) is 8.18. The molecule has 2 heterocycles. The van der Waals surface area contributed by atoms with Crippen molar-refractivity contribution in [3.8, 4) is 0 Å². The predicted molar refractivity (Wildman–Crippen MR) is 98.0 cm³/mol. The van der Waals surface area contributed by atoms with Crippen molar-refractivity contribution >= 4 is 33.2 Å². The van der Waals surface area contributed by atoms with Gasteiger partial charge in [0.1, 0.15) is 22.3 Å². The molecule has 0 bridgehead atoms.